The Bertz CT molecular complexity index is 234. The third-order valence-corrected chi connectivity index (χ3v) is 2.05. The summed E-state index contributed by atoms with van der Waals surface area (Å²) < 4.78 is 0. The van der Waals surface area contributed by atoms with Crippen molar-refractivity contribution < 1.29 is 0 Å². The maximum atomic E-state index is 4.08. The molecule has 0 radical (unpaired) electrons. The van der Waals surface area contributed by atoms with Gasteiger partial charge >= 0.3 is 0 Å². The van der Waals surface area contributed by atoms with Crippen LogP contribution in [0.1, 0.15) is 5.56 Å². The molecule has 1 aromatic heterocycles. The van der Waals surface area contributed by atoms with E-state index in [1.807, 2.05) is 18.5 Å². The van der Waals surface area contributed by atoms with Crippen LogP contribution in [0.2, 0.25) is 0 Å². The Labute approximate surface area is 86.2 Å². The molecule has 0 spiro atoms. The fourth-order valence-electron chi connectivity index (χ4n) is 1.21. The van der Waals surface area contributed by atoms with E-state index in [2.05, 4.69) is 35.4 Å². The van der Waals surface area contributed by atoms with E-state index in [4.69, 9.17) is 0 Å². The second kappa shape index (κ2) is 6.51. The first-order valence-corrected chi connectivity index (χ1v) is 5.03. The first-order valence-electron chi connectivity index (χ1n) is 5.03. The lowest BCUT2D eigenvalue weighted by atomic mass is 10.2. The molecular weight excluding hydrogens is 174 g/mol. The van der Waals surface area contributed by atoms with Crippen LogP contribution >= 0.6 is 0 Å². The number of rotatable bonds is 6. The van der Waals surface area contributed by atoms with Crippen LogP contribution in [0, 0.1) is 0 Å². The third kappa shape index (κ3) is 4.94. The summed E-state index contributed by atoms with van der Waals surface area (Å²) in [5, 5.41) is 3.40. The van der Waals surface area contributed by atoms with E-state index in [-0.39, 0.29) is 0 Å². The van der Waals surface area contributed by atoms with Gasteiger partial charge in [-0.05, 0) is 38.7 Å². The molecule has 0 unspecified atom stereocenters. The third-order valence-electron chi connectivity index (χ3n) is 2.05. The Morgan fingerprint density at radius 1 is 1.36 bits per heavy atom. The van der Waals surface area contributed by atoms with Gasteiger partial charge in [-0.2, -0.15) is 0 Å². The van der Waals surface area contributed by atoms with Crippen molar-refractivity contribution in [2.45, 2.75) is 6.42 Å². The second-order valence-electron chi connectivity index (χ2n) is 3.66. The molecule has 0 aliphatic heterocycles. The van der Waals surface area contributed by atoms with E-state index in [0.29, 0.717) is 0 Å². The van der Waals surface area contributed by atoms with Gasteiger partial charge in [0.1, 0.15) is 0 Å². The summed E-state index contributed by atoms with van der Waals surface area (Å²) in [4.78, 5) is 6.25. The van der Waals surface area contributed by atoms with Crippen molar-refractivity contribution in [2.75, 3.05) is 33.7 Å². The summed E-state index contributed by atoms with van der Waals surface area (Å²) in [7, 11) is 4.17. The number of hydrogen-bond acceptors (Lipinski definition) is 3. The highest BCUT2D eigenvalue weighted by atomic mass is 15.1. The van der Waals surface area contributed by atoms with Crippen molar-refractivity contribution in [2.24, 2.45) is 0 Å². The average molecular weight is 193 g/mol. The van der Waals surface area contributed by atoms with Gasteiger partial charge in [-0.1, -0.05) is 6.07 Å². The van der Waals surface area contributed by atoms with Gasteiger partial charge in [0.2, 0.25) is 0 Å². The lowest BCUT2D eigenvalue weighted by molar-refractivity contribution is 0.401. The lowest BCUT2D eigenvalue weighted by Crippen LogP contribution is -2.27. The zero-order valence-electron chi connectivity index (χ0n) is 9.03. The first-order chi connectivity index (χ1) is 6.79. The van der Waals surface area contributed by atoms with Gasteiger partial charge in [0, 0.05) is 25.5 Å². The normalized spacial score (nSPS) is 10.8. The molecule has 1 aromatic rings. The number of pyridine rings is 1. The van der Waals surface area contributed by atoms with E-state index in [9.17, 15) is 0 Å². The molecule has 14 heavy (non-hydrogen) atoms. The van der Waals surface area contributed by atoms with Crippen LogP contribution < -0.4 is 5.32 Å². The standard InChI is InChI=1S/C11H19N3/c1-14(2)9-8-12-7-5-11-4-3-6-13-10-11/h3-4,6,10,12H,5,7-9H2,1-2H3. The van der Waals surface area contributed by atoms with Crippen molar-refractivity contribution in [3.63, 3.8) is 0 Å². The monoisotopic (exact) mass is 193 g/mol. The molecule has 0 atom stereocenters. The van der Waals surface area contributed by atoms with E-state index in [1.54, 1.807) is 0 Å². The number of nitrogens with zero attached hydrogens (tertiary/aromatic N) is 2. The molecule has 1 heterocycles. The van der Waals surface area contributed by atoms with Gasteiger partial charge < -0.3 is 10.2 Å². The van der Waals surface area contributed by atoms with Crippen molar-refractivity contribution in [1.29, 1.82) is 0 Å². The molecule has 1 rings (SSSR count). The summed E-state index contributed by atoms with van der Waals surface area (Å²) in [5.74, 6) is 0. The molecule has 0 aliphatic rings. The molecule has 0 amide bonds. The molecule has 0 saturated carbocycles. The Balaban J connectivity index is 2.05. The Kier molecular flexibility index (Phi) is 5.19. The SMILES string of the molecule is CN(C)CCNCCc1cccnc1. The van der Waals surface area contributed by atoms with E-state index >= 15 is 0 Å². The Morgan fingerprint density at radius 2 is 2.21 bits per heavy atom. The van der Waals surface area contributed by atoms with Gasteiger partial charge in [0.15, 0.2) is 0 Å². The fraction of sp³-hybridized carbons (Fsp3) is 0.545. The van der Waals surface area contributed by atoms with Crippen LogP contribution in [0.5, 0.6) is 0 Å². The predicted molar refractivity (Wildman–Crippen MR) is 59.4 cm³/mol. The van der Waals surface area contributed by atoms with E-state index in [1.165, 1.54) is 5.56 Å². The van der Waals surface area contributed by atoms with Crippen LogP contribution in [0.15, 0.2) is 24.5 Å². The summed E-state index contributed by atoms with van der Waals surface area (Å²) in [5.41, 5.74) is 1.30. The quantitative estimate of drug-likeness (QED) is 0.677. The molecule has 0 aromatic carbocycles. The topological polar surface area (TPSA) is 28.2 Å². The molecule has 3 heteroatoms. The first kappa shape index (κ1) is 11.1. The van der Waals surface area contributed by atoms with Crippen molar-refractivity contribution in [1.82, 2.24) is 15.2 Å². The van der Waals surface area contributed by atoms with Crippen LogP contribution in [0.3, 0.4) is 0 Å². The predicted octanol–water partition coefficient (Wildman–Crippen LogP) is 0.775. The second-order valence-corrected chi connectivity index (χ2v) is 3.66. The number of likely N-dealkylation sites (N-methyl/N-ethyl adjacent to an activating group) is 1. The van der Waals surface area contributed by atoms with Gasteiger partial charge in [0.05, 0.1) is 0 Å². The molecular formula is C11H19N3. The molecule has 1 N–H and O–H groups in total. The van der Waals surface area contributed by atoms with Gasteiger partial charge in [-0.3, -0.25) is 4.98 Å². The highest BCUT2D eigenvalue weighted by Gasteiger charge is 1.92. The molecule has 0 saturated heterocycles. The maximum Gasteiger partial charge on any atom is 0.0300 e. The van der Waals surface area contributed by atoms with Crippen LogP contribution in [-0.4, -0.2) is 43.6 Å². The number of hydrogen-bond donors (Lipinski definition) is 1. The van der Waals surface area contributed by atoms with Crippen LogP contribution in [-0.2, 0) is 6.42 Å². The minimum absolute atomic E-state index is 1.03. The van der Waals surface area contributed by atoms with E-state index in [0.717, 1.165) is 26.1 Å². The smallest absolute Gasteiger partial charge is 0.0300 e. The maximum absolute atomic E-state index is 4.08. The Hall–Kier alpha value is -0.930. The molecule has 3 nitrogen and oxygen atoms in total. The highest BCUT2D eigenvalue weighted by Crippen LogP contribution is 1.94. The van der Waals surface area contributed by atoms with Crippen LogP contribution in [0.4, 0.5) is 0 Å². The average Bonchev–Trinajstić information content (AvgIpc) is 2.18. The number of nitrogens with one attached hydrogen (secondary N) is 1. The Morgan fingerprint density at radius 3 is 2.86 bits per heavy atom. The molecule has 0 aliphatic carbocycles. The summed E-state index contributed by atoms with van der Waals surface area (Å²) in [6, 6.07) is 4.09. The zero-order valence-corrected chi connectivity index (χ0v) is 9.03. The van der Waals surface area contributed by atoms with Crippen LogP contribution in [0.25, 0.3) is 0 Å². The number of aromatic nitrogens is 1. The highest BCUT2D eigenvalue weighted by molar-refractivity contribution is 5.08. The van der Waals surface area contributed by atoms with Gasteiger partial charge in [-0.25, -0.2) is 0 Å². The molecule has 0 fully saturated rings. The van der Waals surface area contributed by atoms with E-state index < -0.39 is 0 Å². The summed E-state index contributed by atoms with van der Waals surface area (Å²) in [6.45, 7) is 3.17. The zero-order chi connectivity index (χ0) is 10.2. The minimum atomic E-state index is 1.03. The fourth-order valence-corrected chi connectivity index (χ4v) is 1.21. The van der Waals surface area contributed by atoms with Gasteiger partial charge in [0.25, 0.3) is 0 Å². The minimum Gasteiger partial charge on any atom is -0.315 e. The largest absolute Gasteiger partial charge is 0.315 e. The van der Waals surface area contributed by atoms with Gasteiger partial charge in [-0.15, -0.1) is 0 Å². The van der Waals surface area contributed by atoms with Crippen molar-refractivity contribution in [3.8, 4) is 0 Å². The molecule has 78 valence electrons. The lowest BCUT2D eigenvalue weighted by Gasteiger charge is -2.09. The van der Waals surface area contributed by atoms with Crippen molar-refractivity contribution in [3.05, 3.63) is 30.1 Å². The molecule has 0 bridgehead atoms. The van der Waals surface area contributed by atoms with Crippen molar-refractivity contribution >= 4 is 0 Å². The summed E-state index contributed by atoms with van der Waals surface area (Å²) >= 11 is 0. The summed E-state index contributed by atoms with van der Waals surface area (Å²) in [6.07, 6.45) is 4.79.